The zero-order chi connectivity index (χ0) is 22.2. The lowest BCUT2D eigenvalue weighted by molar-refractivity contribution is 0.0949. The molecule has 0 spiro atoms. The zero-order valence-electron chi connectivity index (χ0n) is 19.3. The van der Waals surface area contributed by atoms with Crippen LogP contribution >= 0.6 is 11.8 Å². The van der Waals surface area contributed by atoms with Gasteiger partial charge in [-0.3, -0.25) is 9.69 Å². The minimum atomic E-state index is 0.0189. The van der Waals surface area contributed by atoms with Gasteiger partial charge < -0.3 is 10.2 Å². The number of carbonyl (C=O) groups excluding carboxylic acids is 1. The van der Waals surface area contributed by atoms with Crippen LogP contribution in [0.1, 0.15) is 54.4 Å². The van der Waals surface area contributed by atoms with E-state index in [4.69, 9.17) is 0 Å². The number of unbranched alkanes of at least 4 members (excludes halogenated alkanes) is 1. The van der Waals surface area contributed by atoms with E-state index in [0.717, 1.165) is 62.7 Å². The Labute approximate surface area is 197 Å². The molecule has 4 rings (SSSR count). The zero-order valence-corrected chi connectivity index (χ0v) is 20.1. The van der Waals surface area contributed by atoms with Gasteiger partial charge in [0.25, 0.3) is 5.91 Å². The summed E-state index contributed by atoms with van der Waals surface area (Å²) in [5.74, 6) is 0.0189. The number of piperazine rings is 1. The van der Waals surface area contributed by atoms with Crippen LogP contribution in [-0.4, -0.2) is 60.3 Å². The highest BCUT2D eigenvalue weighted by atomic mass is 32.2. The fourth-order valence-electron chi connectivity index (χ4n) is 4.63. The Kier molecular flexibility index (Phi) is 8.46. The largest absolute Gasteiger partial charge is 0.369 e. The number of hydrogen-bond donors (Lipinski definition) is 1. The van der Waals surface area contributed by atoms with Gasteiger partial charge in [0.15, 0.2) is 0 Å². The monoisotopic (exact) mass is 452 g/mol. The number of carbonyl (C=O) groups is 1. The minimum Gasteiger partial charge on any atom is -0.369 e. The Morgan fingerprint density at radius 3 is 2.69 bits per heavy atom. The Morgan fingerprint density at radius 1 is 1.09 bits per heavy atom. The third-order valence-electron chi connectivity index (χ3n) is 6.52. The molecule has 2 aromatic rings. The van der Waals surface area contributed by atoms with Gasteiger partial charge in [-0.15, -0.1) is 11.8 Å². The van der Waals surface area contributed by atoms with E-state index in [-0.39, 0.29) is 5.91 Å². The molecule has 5 nitrogen and oxygen atoms in total. The number of hydrogen-bond acceptors (Lipinski definition) is 5. The van der Waals surface area contributed by atoms with Crippen molar-refractivity contribution in [3.63, 3.8) is 0 Å². The summed E-state index contributed by atoms with van der Waals surface area (Å²) in [5.41, 5.74) is 3.40. The molecular formula is C26H36N4OS. The Balaban J connectivity index is 1.14. The maximum Gasteiger partial charge on any atom is 0.254 e. The maximum atomic E-state index is 12.7. The molecule has 2 fully saturated rings. The number of anilines is 1. The van der Waals surface area contributed by atoms with Crippen molar-refractivity contribution in [1.82, 2.24) is 15.2 Å². The van der Waals surface area contributed by atoms with E-state index in [0.29, 0.717) is 5.25 Å². The van der Waals surface area contributed by atoms with Crippen LogP contribution in [0, 0.1) is 6.92 Å². The molecule has 2 heterocycles. The van der Waals surface area contributed by atoms with Crippen LogP contribution in [-0.2, 0) is 0 Å². The lowest BCUT2D eigenvalue weighted by Gasteiger charge is -2.36. The van der Waals surface area contributed by atoms with Gasteiger partial charge in [0.1, 0.15) is 5.03 Å². The topological polar surface area (TPSA) is 48.5 Å². The molecular weight excluding hydrogens is 416 g/mol. The molecule has 1 saturated carbocycles. The van der Waals surface area contributed by atoms with Gasteiger partial charge >= 0.3 is 0 Å². The lowest BCUT2D eigenvalue weighted by atomic mass is 10.2. The number of rotatable bonds is 9. The van der Waals surface area contributed by atoms with Crippen LogP contribution in [0.5, 0.6) is 0 Å². The highest BCUT2D eigenvalue weighted by Gasteiger charge is 2.21. The molecule has 1 aliphatic carbocycles. The molecule has 1 N–H and O–H groups in total. The first-order valence-corrected chi connectivity index (χ1v) is 13.0. The summed E-state index contributed by atoms with van der Waals surface area (Å²) in [7, 11) is 0. The molecule has 0 atom stereocenters. The number of nitrogens with one attached hydrogen (secondary N) is 1. The second kappa shape index (κ2) is 11.7. The molecule has 0 bridgehead atoms. The summed E-state index contributed by atoms with van der Waals surface area (Å²) in [5, 5.41) is 4.62. The molecule has 0 unspecified atom stereocenters. The number of nitrogens with zero attached hydrogens (tertiary/aromatic N) is 3. The summed E-state index contributed by atoms with van der Waals surface area (Å²) >= 11 is 1.79. The van der Waals surface area contributed by atoms with Gasteiger partial charge in [-0.25, -0.2) is 4.98 Å². The first kappa shape index (κ1) is 23.1. The number of pyridine rings is 1. The van der Waals surface area contributed by atoms with Crippen molar-refractivity contribution in [3.8, 4) is 0 Å². The van der Waals surface area contributed by atoms with Gasteiger partial charge in [-0.1, -0.05) is 25.0 Å². The van der Waals surface area contributed by atoms with Crippen LogP contribution in [0.2, 0.25) is 0 Å². The third kappa shape index (κ3) is 6.48. The number of benzene rings is 1. The first-order valence-electron chi connectivity index (χ1n) is 12.1. The molecule has 6 heteroatoms. The van der Waals surface area contributed by atoms with Crippen molar-refractivity contribution in [2.45, 2.75) is 55.7 Å². The maximum absolute atomic E-state index is 12.7. The molecule has 1 amide bonds. The molecule has 1 saturated heterocycles. The second-order valence-corrected chi connectivity index (χ2v) is 10.3. The van der Waals surface area contributed by atoms with Crippen LogP contribution < -0.4 is 10.2 Å². The van der Waals surface area contributed by atoms with E-state index in [1.54, 1.807) is 18.0 Å². The van der Waals surface area contributed by atoms with Gasteiger partial charge in [0.2, 0.25) is 0 Å². The summed E-state index contributed by atoms with van der Waals surface area (Å²) in [6, 6.07) is 12.6. The first-order chi connectivity index (χ1) is 15.7. The van der Waals surface area contributed by atoms with Gasteiger partial charge in [0, 0.05) is 49.9 Å². The molecule has 32 heavy (non-hydrogen) atoms. The van der Waals surface area contributed by atoms with Crippen LogP contribution in [0.25, 0.3) is 0 Å². The average Bonchev–Trinajstić information content (AvgIpc) is 3.33. The lowest BCUT2D eigenvalue weighted by Crippen LogP contribution is -2.46. The van der Waals surface area contributed by atoms with Crippen LogP contribution in [0.3, 0.4) is 0 Å². The normalized spacial score (nSPS) is 17.6. The average molecular weight is 453 g/mol. The summed E-state index contributed by atoms with van der Waals surface area (Å²) in [6.45, 7) is 8.38. The summed E-state index contributed by atoms with van der Waals surface area (Å²) in [6.07, 6.45) is 8.99. The Morgan fingerprint density at radius 2 is 1.91 bits per heavy atom. The molecule has 1 aromatic heterocycles. The molecule has 172 valence electrons. The fourth-order valence-corrected chi connectivity index (χ4v) is 5.93. The molecule has 2 aliphatic rings. The second-order valence-electron chi connectivity index (χ2n) is 9.01. The Bertz CT molecular complexity index is 876. The van der Waals surface area contributed by atoms with Gasteiger partial charge in [0.05, 0.1) is 5.56 Å². The number of amides is 1. The number of aromatic nitrogens is 1. The van der Waals surface area contributed by atoms with E-state index in [2.05, 4.69) is 51.3 Å². The van der Waals surface area contributed by atoms with Crippen LogP contribution in [0.4, 0.5) is 5.69 Å². The smallest absolute Gasteiger partial charge is 0.254 e. The third-order valence-corrected chi connectivity index (χ3v) is 7.88. The highest BCUT2D eigenvalue weighted by molar-refractivity contribution is 7.99. The van der Waals surface area contributed by atoms with Crippen molar-refractivity contribution in [2.75, 3.05) is 44.2 Å². The van der Waals surface area contributed by atoms with Crippen molar-refractivity contribution < 1.29 is 4.79 Å². The van der Waals surface area contributed by atoms with E-state index in [1.807, 2.05) is 12.1 Å². The molecule has 1 aliphatic heterocycles. The van der Waals surface area contributed by atoms with E-state index >= 15 is 0 Å². The van der Waals surface area contributed by atoms with Crippen molar-refractivity contribution in [2.24, 2.45) is 0 Å². The van der Waals surface area contributed by atoms with Gasteiger partial charge in [-0.05, 0) is 69.0 Å². The highest BCUT2D eigenvalue weighted by Crippen LogP contribution is 2.35. The van der Waals surface area contributed by atoms with Crippen molar-refractivity contribution in [1.29, 1.82) is 0 Å². The van der Waals surface area contributed by atoms with E-state index < -0.39 is 0 Å². The van der Waals surface area contributed by atoms with E-state index in [1.165, 1.54) is 36.9 Å². The number of thioether (sulfide) groups is 1. The van der Waals surface area contributed by atoms with Crippen molar-refractivity contribution in [3.05, 3.63) is 53.7 Å². The minimum absolute atomic E-state index is 0.0189. The predicted molar refractivity (Wildman–Crippen MR) is 134 cm³/mol. The standard InChI is InChI=1S/C26H36N4OS/c1-21-8-6-9-22(20-21)30-18-16-29(17-19-30)15-5-4-13-27-25(31)24-12-7-14-28-26(24)32-23-10-2-3-11-23/h6-9,12,14,20,23H,2-5,10-11,13,15-19H2,1H3,(H,27,31). The summed E-state index contributed by atoms with van der Waals surface area (Å²) in [4.78, 5) is 22.2. The summed E-state index contributed by atoms with van der Waals surface area (Å²) < 4.78 is 0. The van der Waals surface area contributed by atoms with Crippen LogP contribution in [0.15, 0.2) is 47.6 Å². The van der Waals surface area contributed by atoms with E-state index in [9.17, 15) is 4.79 Å². The van der Waals surface area contributed by atoms with Gasteiger partial charge in [-0.2, -0.15) is 0 Å². The molecule has 0 radical (unpaired) electrons. The van der Waals surface area contributed by atoms with Crippen molar-refractivity contribution >= 4 is 23.4 Å². The fraction of sp³-hybridized carbons (Fsp3) is 0.538. The predicted octanol–water partition coefficient (Wildman–Crippen LogP) is 4.76. The number of aryl methyl sites for hydroxylation is 1. The SMILES string of the molecule is Cc1cccc(N2CCN(CCCCNC(=O)c3cccnc3SC3CCCC3)CC2)c1. The Hall–Kier alpha value is -2.05. The quantitative estimate of drug-likeness (QED) is 0.556. The molecule has 1 aromatic carbocycles.